The molecule has 0 atom stereocenters. The fourth-order valence-electron chi connectivity index (χ4n) is 3.38. The normalized spacial score (nSPS) is 22.4. The van der Waals surface area contributed by atoms with Gasteiger partial charge in [-0.3, -0.25) is 4.79 Å². The highest BCUT2D eigenvalue weighted by atomic mass is 16.2. The molecule has 0 unspecified atom stereocenters. The van der Waals surface area contributed by atoms with Gasteiger partial charge >= 0.3 is 0 Å². The highest BCUT2D eigenvalue weighted by molar-refractivity contribution is 5.76. The fourth-order valence-corrected chi connectivity index (χ4v) is 3.38. The van der Waals surface area contributed by atoms with Gasteiger partial charge in [-0.15, -0.1) is 6.58 Å². The summed E-state index contributed by atoms with van der Waals surface area (Å²) in [4.78, 5) is 19.4. The molecule has 4 heteroatoms. The average Bonchev–Trinajstić information content (AvgIpc) is 2.54. The molecule has 2 fully saturated rings. The van der Waals surface area contributed by atoms with Crippen LogP contribution >= 0.6 is 0 Å². The molecule has 0 aromatic rings. The number of hydrogen-bond donors (Lipinski definition) is 0. The maximum Gasteiger partial charge on any atom is 0.222 e. The first kappa shape index (κ1) is 16.5. The van der Waals surface area contributed by atoms with E-state index in [4.69, 9.17) is 0 Å². The Morgan fingerprint density at radius 2 is 1.76 bits per heavy atom. The van der Waals surface area contributed by atoms with E-state index < -0.39 is 0 Å². The second-order valence-electron chi connectivity index (χ2n) is 6.38. The summed E-state index contributed by atoms with van der Waals surface area (Å²) in [5.41, 5.74) is 0. The number of carbonyl (C=O) groups is 1. The first-order valence-corrected chi connectivity index (χ1v) is 8.56. The Morgan fingerprint density at radius 1 is 1.10 bits per heavy atom. The minimum Gasteiger partial charge on any atom is -0.340 e. The molecule has 21 heavy (non-hydrogen) atoms. The zero-order chi connectivity index (χ0) is 15.1. The van der Waals surface area contributed by atoms with E-state index in [0.717, 1.165) is 65.2 Å². The monoisotopic (exact) mass is 293 g/mol. The molecule has 0 saturated carbocycles. The Morgan fingerprint density at radius 3 is 2.33 bits per heavy atom. The van der Waals surface area contributed by atoms with Crippen LogP contribution in [-0.4, -0.2) is 73.0 Å². The summed E-state index contributed by atoms with van der Waals surface area (Å²) in [7, 11) is 0. The number of piperazine rings is 1. The Labute approximate surface area is 129 Å². The van der Waals surface area contributed by atoms with Crippen molar-refractivity contribution < 1.29 is 4.79 Å². The van der Waals surface area contributed by atoms with Crippen LogP contribution < -0.4 is 0 Å². The molecule has 1 amide bonds. The van der Waals surface area contributed by atoms with E-state index in [1.54, 1.807) is 0 Å². The molecule has 0 bridgehead atoms. The van der Waals surface area contributed by atoms with Gasteiger partial charge in [0.2, 0.25) is 5.91 Å². The van der Waals surface area contributed by atoms with Crippen molar-refractivity contribution in [3.05, 3.63) is 12.7 Å². The largest absolute Gasteiger partial charge is 0.340 e. The smallest absolute Gasteiger partial charge is 0.222 e. The molecule has 2 aliphatic rings. The lowest BCUT2D eigenvalue weighted by Gasteiger charge is -2.36. The van der Waals surface area contributed by atoms with E-state index in [0.29, 0.717) is 11.8 Å². The number of piperidine rings is 1. The molecule has 0 spiro atoms. The van der Waals surface area contributed by atoms with E-state index in [2.05, 4.69) is 28.2 Å². The standard InChI is InChI=1S/C17H31N3O/c1-3-5-8-19-9-6-16(7-10-19)15-17(21)20-13-11-18(4-2)12-14-20/h3,16H,1,4-15H2,2H3. The third kappa shape index (κ3) is 5.11. The van der Waals surface area contributed by atoms with Crippen LogP contribution in [0.15, 0.2) is 12.7 Å². The lowest BCUT2D eigenvalue weighted by atomic mass is 9.92. The van der Waals surface area contributed by atoms with Crippen LogP contribution in [0.2, 0.25) is 0 Å². The minimum atomic E-state index is 0.385. The summed E-state index contributed by atoms with van der Waals surface area (Å²) >= 11 is 0. The topological polar surface area (TPSA) is 26.8 Å². The van der Waals surface area contributed by atoms with Crippen molar-refractivity contribution in [3.8, 4) is 0 Å². The van der Waals surface area contributed by atoms with Crippen LogP contribution in [0.4, 0.5) is 0 Å². The second kappa shape index (κ2) is 8.54. The molecule has 2 heterocycles. The van der Waals surface area contributed by atoms with Crippen LogP contribution in [0.3, 0.4) is 0 Å². The van der Waals surface area contributed by atoms with Gasteiger partial charge in [0.15, 0.2) is 0 Å². The van der Waals surface area contributed by atoms with Gasteiger partial charge in [0, 0.05) is 39.1 Å². The van der Waals surface area contributed by atoms with Gasteiger partial charge in [-0.2, -0.15) is 0 Å². The van der Waals surface area contributed by atoms with E-state index in [1.165, 1.54) is 12.8 Å². The van der Waals surface area contributed by atoms with Gasteiger partial charge in [-0.1, -0.05) is 13.0 Å². The summed E-state index contributed by atoms with van der Waals surface area (Å²) in [6, 6.07) is 0. The molecule has 2 saturated heterocycles. The summed E-state index contributed by atoms with van der Waals surface area (Å²) in [5, 5.41) is 0. The zero-order valence-electron chi connectivity index (χ0n) is 13.6. The molecule has 0 N–H and O–H groups in total. The van der Waals surface area contributed by atoms with Crippen molar-refractivity contribution in [1.29, 1.82) is 0 Å². The summed E-state index contributed by atoms with van der Waals surface area (Å²) in [5.74, 6) is 0.983. The van der Waals surface area contributed by atoms with Crippen LogP contribution in [0.5, 0.6) is 0 Å². The Balaban J connectivity index is 1.66. The number of likely N-dealkylation sites (N-methyl/N-ethyl adjacent to an activating group) is 1. The highest BCUT2D eigenvalue weighted by Crippen LogP contribution is 2.22. The van der Waals surface area contributed by atoms with Crippen LogP contribution in [-0.2, 0) is 4.79 Å². The molecule has 2 aliphatic heterocycles. The highest BCUT2D eigenvalue weighted by Gasteiger charge is 2.25. The maximum atomic E-state index is 12.4. The van der Waals surface area contributed by atoms with Crippen molar-refractivity contribution in [2.45, 2.75) is 32.6 Å². The van der Waals surface area contributed by atoms with E-state index in [-0.39, 0.29) is 0 Å². The minimum absolute atomic E-state index is 0.385. The quantitative estimate of drug-likeness (QED) is 0.699. The number of nitrogens with zero attached hydrogens (tertiary/aromatic N) is 3. The Hall–Kier alpha value is -0.870. The lowest BCUT2D eigenvalue weighted by Crippen LogP contribution is -2.49. The van der Waals surface area contributed by atoms with Crippen LogP contribution in [0.25, 0.3) is 0 Å². The van der Waals surface area contributed by atoms with E-state index >= 15 is 0 Å². The molecule has 0 aliphatic carbocycles. The first-order valence-electron chi connectivity index (χ1n) is 8.56. The number of carbonyl (C=O) groups excluding carboxylic acids is 1. The van der Waals surface area contributed by atoms with Gasteiger partial charge in [-0.05, 0) is 44.8 Å². The number of amides is 1. The predicted octanol–water partition coefficient (Wildman–Crippen LogP) is 1.83. The maximum absolute atomic E-state index is 12.4. The lowest BCUT2D eigenvalue weighted by molar-refractivity contribution is -0.134. The molecular formula is C17H31N3O. The number of likely N-dealkylation sites (tertiary alicyclic amines) is 1. The molecule has 0 aromatic carbocycles. The third-order valence-electron chi connectivity index (χ3n) is 4.99. The number of rotatable bonds is 6. The van der Waals surface area contributed by atoms with Gasteiger partial charge in [0.25, 0.3) is 0 Å². The molecule has 4 nitrogen and oxygen atoms in total. The van der Waals surface area contributed by atoms with E-state index in [1.807, 2.05) is 6.08 Å². The number of hydrogen-bond acceptors (Lipinski definition) is 3. The first-order chi connectivity index (χ1) is 10.2. The predicted molar refractivity (Wildman–Crippen MR) is 87.3 cm³/mol. The summed E-state index contributed by atoms with van der Waals surface area (Å²) in [6.45, 7) is 14.4. The Kier molecular flexibility index (Phi) is 6.71. The van der Waals surface area contributed by atoms with Crippen LogP contribution in [0, 0.1) is 5.92 Å². The van der Waals surface area contributed by atoms with Crippen molar-refractivity contribution in [2.24, 2.45) is 5.92 Å². The van der Waals surface area contributed by atoms with Crippen LogP contribution in [0.1, 0.15) is 32.6 Å². The fraction of sp³-hybridized carbons (Fsp3) is 0.824. The molecule has 120 valence electrons. The van der Waals surface area contributed by atoms with Crippen molar-refractivity contribution >= 4 is 5.91 Å². The van der Waals surface area contributed by atoms with E-state index in [9.17, 15) is 4.79 Å². The summed E-state index contributed by atoms with van der Waals surface area (Å²) in [6.07, 6.45) is 6.19. The second-order valence-corrected chi connectivity index (χ2v) is 6.38. The molecule has 0 aromatic heterocycles. The third-order valence-corrected chi connectivity index (χ3v) is 4.99. The van der Waals surface area contributed by atoms with Gasteiger partial charge in [-0.25, -0.2) is 0 Å². The van der Waals surface area contributed by atoms with Gasteiger partial charge < -0.3 is 14.7 Å². The van der Waals surface area contributed by atoms with Gasteiger partial charge in [0.1, 0.15) is 0 Å². The van der Waals surface area contributed by atoms with Crippen molar-refractivity contribution in [3.63, 3.8) is 0 Å². The SMILES string of the molecule is C=CCCN1CCC(CC(=O)N2CCN(CC)CC2)CC1. The molecule has 2 rings (SSSR count). The van der Waals surface area contributed by atoms with Crippen molar-refractivity contribution in [2.75, 3.05) is 52.4 Å². The summed E-state index contributed by atoms with van der Waals surface area (Å²) < 4.78 is 0. The average molecular weight is 293 g/mol. The molecular weight excluding hydrogens is 262 g/mol. The van der Waals surface area contributed by atoms with Crippen molar-refractivity contribution in [1.82, 2.24) is 14.7 Å². The molecule has 0 radical (unpaired) electrons. The zero-order valence-corrected chi connectivity index (χ0v) is 13.6. The van der Waals surface area contributed by atoms with Gasteiger partial charge in [0.05, 0.1) is 0 Å². The Bertz CT molecular complexity index is 329.